The fourth-order valence-corrected chi connectivity index (χ4v) is 1.29. The van der Waals surface area contributed by atoms with E-state index < -0.39 is 0 Å². The molecular weight excluding hydrogens is 152 g/mol. The first-order chi connectivity index (χ1) is 5.70. The van der Waals surface area contributed by atoms with Gasteiger partial charge in [0.25, 0.3) is 0 Å². The van der Waals surface area contributed by atoms with Crippen LogP contribution in [-0.2, 0) is 0 Å². The van der Waals surface area contributed by atoms with Crippen molar-refractivity contribution < 1.29 is 10.2 Å². The lowest BCUT2D eigenvalue weighted by atomic mass is 10.0. The third kappa shape index (κ3) is 6.62. The van der Waals surface area contributed by atoms with Crippen LogP contribution in [0.1, 0.15) is 46.0 Å². The maximum Gasteiger partial charge on any atom is 0.0543 e. The zero-order valence-corrected chi connectivity index (χ0v) is 8.29. The average molecular weight is 174 g/mol. The van der Waals surface area contributed by atoms with E-state index in [0.717, 1.165) is 19.3 Å². The van der Waals surface area contributed by atoms with Crippen molar-refractivity contribution in [2.45, 2.75) is 52.1 Å². The lowest BCUT2D eigenvalue weighted by Gasteiger charge is -2.13. The lowest BCUT2D eigenvalue weighted by molar-refractivity contribution is 0.112. The van der Waals surface area contributed by atoms with Crippen LogP contribution in [0.15, 0.2) is 0 Å². The van der Waals surface area contributed by atoms with Crippen LogP contribution < -0.4 is 0 Å². The van der Waals surface area contributed by atoms with Gasteiger partial charge in [0, 0.05) is 6.61 Å². The molecule has 2 heteroatoms. The Bertz CT molecular complexity index is 93.8. The summed E-state index contributed by atoms with van der Waals surface area (Å²) in [6, 6.07) is 0. The van der Waals surface area contributed by atoms with Gasteiger partial charge in [0.2, 0.25) is 0 Å². The summed E-state index contributed by atoms with van der Waals surface area (Å²) in [6.07, 6.45) is 4.92. The molecule has 0 amide bonds. The summed E-state index contributed by atoms with van der Waals surface area (Å²) in [5, 5.41) is 18.2. The van der Waals surface area contributed by atoms with Gasteiger partial charge in [-0.3, -0.25) is 0 Å². The Hall–Kier alpha value is -0.0800. The molecule has 0 aromatic carbocycles. The molecular formula is C10H22O2. The van der Waals surface area contributed by atoms with Crippen molar-refractivity contribution >= 4 is 0 Å². The van der Waals surface area contributed by atoms with Crippen molar-refractivity contribution in [3.05, 3.63) is 0 Å². The van der Waals surface area contributed by atoms with Crippen molar-refractivity contribution in [1.29, 1.82) is 0 Å². The molecule has 0 spiro atoms. The molecule has 0 aliphatic rings. The maximum atomic E-state index is 9.47. The zero-order chi connectivity index (χ0) is 9.40. The molecule has 0 saturated carbocycles. The summed E-state index contributed by atoms with van der Waals surface area (Å²) < 4.78 is 0. The molecule has 0 heterocycles. The Morgan fingerprint density at radius 2 is 1.92 bits per heavy atom. The SMILES string of the molecule is CCCCCC(O)CC(C)CO. The zero-order valence-electron chi connectivity index (χ0n) is 8.29. The van der Waals surface area contributed by atoms with Crippen LogP contribution >= 0.6 is 0 Å². The molecule has 0 aromatic rings. The highest BCUT2D eigenvalue weighted by Gasteiger charge is 2.08. The Labute approximate surface area is 75.6 Å². The molecule has 2 unspecified atom stereocenters. The summed E-state index contributed by atoms with van der Waals surface area (Å²) in [7, 11) is 0. The second kappa shape index (κ2) is 7.56. The smallest absolute Gasteiger partial charge is 0.0543 e. The summed E-state index contributed by atoms with van der Waals surface area (Å²) in [5.41, 5.74) is 0. The van der Waals surface area contributed by atoms with Crippen molar-refractivity contribution in [3.63, 3.8) is 0 Å². The predicted octanol–water partition coefficient (Wildman–Crippen LogP) is 1.95. The first kappa shape index (κ1) is 11.9. The van der Waals surface area contributed by atoms with Crippen molar-refractivity contribution in [2.24, 2.45) is 5.92 Å². The molecule has 0 aliphatic heterocycles. The van der Waals surface area contributed by atoms with E-state index in [0.29, 0.717) is 0 Å². The molecule has 0 aromatic heterocycles. The first-order valence-electron chi connectivity index (χ1n) is 4.99. The molecule has 2 nitrogen and oxygen atoms in total. The van der Waals surface area contributed by atoms with Gasteiger partial charge >= 0.3 is 0 Å². The van der Waals surface area contributed by atoms with Gasteiger partial charge in [0.1, 0.15) is 0 Å². The van der Waals surface area contributed by atoms with Gasteiger partial charge in [-0.05, 0) is 18.8 Å². The number of aliphatic hydroxyl groups is 2. The normalized spacial score (nSPS) is 16.0. The van der Waals surface area contributed by atoms with E-state index in [-0.39, 0.29) is 18.6 Å². The van der Waals surface area contributed by atoms with Gasteiger partial charge in [-0.1, -0.05) is 33.1 Å². The molecule has 74 valence electrons. The number of rotatable bonds is 7. The number of unbranched alkanes of at least 4 members (excludes halogenated alkanes) is 2. The fraction of sp³-hybridized carbons (Fsp3) is 1.00. The van der Waals surface area contributed by atoms with E-state index in [1.807, 2.05) is 6.92 Å². The Balaban J connectivity index is 3.26. The quantitative estimate of drug-likeness (QED) is 0.579. The maximum absolute atomic E-state index is 9.47. The van der Waals surface area contributed by atoms with Crippen molar-refractivity contribution in [1.82, 2.24) is 0 Å². The summed E-state index contributed by atoms with van der Waals surface area (Å²) in [6.45, 7) is 4.30. The van der Waals surface area contributed by atoms with Crippen LogP contribution in [0.25, 0.3) is 0 Å². The molecule has 0 fully saturated rings. The van der Waals surface area contributed by atoms with E-state index in [4.69, 9.17) is 5.11 Å². The minimum Gasteiger partial charge on any atom is -0.396 e. The molecule has 2 N–H and O–H groups in total. The first-order valence-corrected chi connectivity index (χ1v) is 4.99. The van der Waals surface area contributed by atoms with E-state index in [1.54, 1.807) is 0 Å². The molecule has 2 atom stereocenters. The monoisotopic (exact) mass is 174 g/mol. The standard InChI is InChI=1S/C10H22O2/c1-3-4-5-6-10(12)7-9(2)8-11/h9-12H,3-8H2,1-2H3. The average Bonchev–Trinajstić information content (AvgIpc) is 2.05. The highest BCUT2D eigenvalue weighted by atomic mass is 16.3. The second-order valence-corrected chi connectivity index (χ2v) is 3.67. The van der Waals surface area contributed by atoms with Gasteiger partial charge in [-0.25, -0.2) is 0 Å². The van der Waals surface area contributed by atoms with E-state index >= 15 is 0 Å². The highest BCUT2D eigenvalue weighted by Crippen LogP contribution is 2.11. The van der Waals surface area contributed by atoms with Gasteiger partial charge < -0.3 is 10.2 Å². The van der Waals surface area contributed by atoms with Gasteiger partial charge in [0.15, 0.2) is 0 Å². The minimum atomic E-state index is -0.210. The van der Waals surface area contributed by atoms with Crippen LogP contribution in [-0.4, -0.2) is 22.9 Å². The largest absolute Gasteiger partial charge is 0.396 e. The number of aliphatic hydroxyl groups excluding tert-OH is 2. The molecule has 0 aliphatic carbocycles. The van der Waals surface area contributed by atoms with Crippen molar-refractivity contribution in [2.75, 3.05) is 6.61 Å². The van der Waals surface area contributed by atoms with Crippen LogP contribution in [0.2, 0.25) is 0 Å². The molecule has 0 rings (SSSR count). The molecule has 0 saturated heterocycles. The Morgan fingerprint density at radius 3 is 2.42 bits per heavy atom. The third-order valence-electron chi connectivity index (χ3n) is 2.13. The predicted molar refractivity (Wildman–Crippen MR) is 51.0 cm³/mol. The van der Waals surface area contributed by atoms with Crippen LogP contribution in [0.5, 0.6) is 0 Å². The van der Waals surface area contributed by atoms with Crippen LogP contribution in [0, 0.1) is 5.92 Å². The second-order valence-electron chi connectivity index (χ2n) is 3.67. The molecule has 12 heavy (non-hydrogen) atoms. The van der Waals surface area contributed by atoms with Crippen molar-refractivity contribution in [3.8, 4) is 0 Å². The summed E-state index contributed by atoms with van der Waals surface area (Å²) >= 11 is 0. The molecule has 0 bridgehead atoms. The third-order valence-corrected chi connectivity index (χ3v) is 2.13. The van der Waals surface area contributed by atoms with Gasteiger partial charge in [0.05, 0.1) is 6.10 Å². The van der Waals surface area contributed by atoms with Gasteiger partial charge in [-0.15, -0.1) is 0 Å². The van der Waals surface area contributed by atoms with E-state index in [2.05, 4.69) is 6.92 Å². The summed E-state index contributed by atoms with van der Waals surface area (Å²) in [5.74, 6) is 0.238. The van der Waals surface area contributed by atoms with Crippen LogP contribution in [0.4, 0.5) is 0 Å². The van der Waals surface area contributed by atoms with E-state index in [9.17, 15) is 5.11 Å². The Morgan fingerprint density at radius 1 is 1.25 bits per heavy atom. The number of hydrogen-bond acceptors (Lipinski definition) is 2. The lowest BCUT2D eigenvalue weighted by Crippen LogP contribution is -2.13. The Kier molecular flexibility index (Phi) is 7.51. The van der Waals surface area contributed by atoms with E-state index in [1.165, 1.54) is 12.8 Å². The highest BCUT2D eigenvalue weighted by molar-refractivity contribution is 4.60. The topological polar surface area (TPSA) is 40.5 Å². The minimum absolute atomic E-state index is 0.185. The molecule has 0 radical (unpaired) electrons. The fourth-order valence-electron chi connectivity index (χ4n) is 1.29. The van der Waals surface area contributed by atoms with Crippen LogP contribution in [0.3, 0.4) is 0 Å². The van der Waals surface area contributed by atoms with Gasteiger partial charge in [-0.2, -0.15) is 0 Å². The summed E-state index contributed by atoms with van der Waals surface area (Å²) in [4.78, 5) is 0. The number of hydrogen-bond donors (Lipinski definition) is 2.